The van der Waals surface area contributed by atoms with E-state index in [4.69, 9.17) is 0 Å². The van der Waals surface area contributed by atoms with Gasteiger partial charge in [0.1, 0.15) is 11.9 Å². The van der Waals surface area contributed by atoms with E-state index in [-0.39, 0.29) is 18.1 Å². The molecule has 1 atom stereocenters. The predicted molar refractivity (Wildman–Crippen MR) is 79.5 cm³/mol. The number of rotatable bonds is 4. The Balaban J connectivity index is 2.30. The summed E-state index contributed by atoms with van der Waals surface area (Å²) in [6.07, 6.45) is 3.79. The third-order valence-corrected chi connectivity index (χ3v) is 3.95. The van der Waals surface area contributed by atoms with Gasteiger partial charge in [0.25, 0.3) is 0 Å². The first kappa shape index (κ1) is 14.8. The molecule has 108 valence electrons. The molecule has 20 heavy (non-hydrogen) atoms. The Kier molecular flexibility index (Phi) is 4.29. The fourth-order valence-corrected chi connectivity index (χ4v) is 2.68. The van der Waals surface area contributed by atoms with Crippen LogP contribution in [0.2, 0.25) is 0 Å². The molecule has 0 amide bonds. The number of aliphatic hydroxyl groups excluding tert-OH is 1. The minimum absolute atomic E-state index is 0.00382. The van der Waals surface area contributed by atoms with E-state index in [9.17, 15) is 10.4 Å². The molecule has 1 heterocycles. The number of nitriles is 1. The van der Waals surface area contributed by atoms with Crippen molar-refractivity contribution in [2.45, 2.75) is 52.5 Å². The van der Waals surface area contributed by atoms with Crippen LogP contribution in [-0.2, 0) is 12.8 Å². The Hall–Kier alpha value is -1.60. The molecule has 2 rings (SSSR count). The van der Waals surface area contributed by atoms with Gasteiger partial charge in [-0.1, -0.05) is 20.8 Å². The average molecular weight is 273 g/mol. The number of aliphatic hydroxyl groups is 1. The summed E-state index contributed by atoms with van der Waals surface area (Å²) >= 11 is 0. The van der Waals surface area contributed by atoms with Gasteiger partial charge >= 0.3 is 0 Å². The van der Waals surface area contributed by atoms with Gasteiger partial charge in [0.2, 0.25) is 0 Å². The number of pyridine rings is 1. The van der Waals surface area contributed by atoms with Gasteiger partial charge in [-0.05, 0) is 42.7 Å². The van der Waals surface area contributed by atoms with Gasteiger partial charge in [-0.15, -0.1) is 0 Å². The first-order chi connectivity index (χ1) is 9.45. The Morgan fingerprint density at radius 2 is 2.20 bits per heavy atom. The van der Waals surface area contributed by atoms with E-state index in [1.54, 1.807) is 0 Å². The molecule has 4 heteroatoms. The summed E-state index contributed by atoms with van der Waals surface area (Å²) in [5.74, 6) is 0.668. The summed E-state index contributed by atoms with van der Waals surface area (Å²) < 4.78 is 0. The van der Waals surface area contributed by atoms with Crippen molar-refractivity contribution in [1.82, 2.24) is 4.98 Å². The highest BCUT2D eigenvalue weighted by Crippen LogP contribution is 2.29. The zero-order chi connectivity index (χ0) is 14.8. The largest absolute Gasteiger partial charge is 0.396 e. The highest BCUT2D eigenvalue weighted by molar-refractivity contribution is 5.55. The van der Waals surface area contributed by atoms with Gasteiger partial charge in [0.05, 0.1) is 5.56 Å². The Bertz CT molecular complexity index is 526. The molecule has 0 radical (unpaired) electrons. The number of nitrogens with zero attached hydrogens (tertiary/aromatic N) is 2. The normalized spacial score (nSPS) is 15.6. The summed E-state index contributed by atoms with van der Waals surface area (Å²) in [5.41, 5.74) is 2.93. The van der Waals surface area contributed by atoms with Crippen molar-refractivity contribution >= 4 is 5.82 Å². The van der Waals surface area contributed by atoms with Crippen LogP contribution < -0.4 is 5.32 Å². The number of aromatic nitrogens is 1. The topological polar surface area (TPSA) is 68.9 Å². The number of aryl methyl sites for hydroxylation is 2. The van der Waals surface area contributed by atoms with Crippen LogP contribution in [0.3, 0.4) is 0 Å². The molecule has 1 unspecified atom stereocenters. The molecule has 4 nitrogen and oxygen atoms in total. The molecule has 0 saturated carbocycles. The zero-order valence-corrected chi connectivity index (χ0v) is 12.5. The van der Waals surface area contributed by atoms with E-state index in [1.165, 1.54) is 5.56 Å². The molecule has 0 saturated heterocycles. The summed E-state index contributed by atoms with van der Waals surface area (Å²) in [7, 11) is 0. The van der Waals surface area contributed by atoms with E-state index in [0.29, 0.717) is 17.8 Å². The third-order valence-electron chi connectivity index (χ3n) is 3.95. The minimum Gasteiger partial charge on any atom is -0.396 e. The van der Waals surface area contributed by atoms with Crippen LogP contribution in [0.4, 0.5) is 5.82 Å². The lowest BCUT2D eigenvalue weighted by molar-refractivity contribution is 0.235. The van der Waals surface area contributed by atoms with Crippen LogP contribution in [0.1, 0.15) is 50.4 Å². The Labute approximate surface area is 120 Å². The highest BCUT2D eigenvalue weighted by Gasteiger charge is 2.26. The van der Waals surface area contributed by atoms with Crippen LogP contribution in [0.15, 0.2) is 6.07 Å². The molecule has 0 fully saturated rings. The second kappa shape index (κ2) is 5.80. The van der Waals surface area contributed by atoms with Gasteiger partial charge in [-0.2, -0.15) is 5.26 Å². The monoisotopic (exact) mass is 273 g/mol. The number of anilines is 1. The Morgan fingerprint density at radius 1 is 1.45 bits per heavy atom. The maximum absolute atomic E-state index is 9.32. The second-order valence-corrected chi connectivity index (χ2v) is 6.53. The minimum atomic E-state index is -0.00382. The van der Waals surface area contributed by atoms with Gasteiger partial charge < -0.3 is 10.4 Å². The lowest BCUT2D eigenvalue weighted by Gasteiger charge is -2.32. The van der Waals surface area contributed by atoms with Gasteiger partial charge in [0, 0.05) is 18.3 Å². The van der Waals surface area contributed by atoms with Crippen molar-refractivity contribution in [3.8, 4) is 6.07 Å². The highest BCUT2D eigenvalue weighted by atomic mass is 16.3. The molecular formula is C16H23N3O. The van der Waals surface area contributed by atoms with E-state index in [0.717, 1.165) is 25.0 Å². The molecule has 2 N–H and O–H groups in total. The molecular weight excluding hydrogens is 250 g/mol. The fourth-order valence-electron chi connectivity index (χ4n) is 2.68. The van der Waals surface area contributed by atoms with Crippen LogP contribution >= 0.6 is 0 Å². The predicted octanol–water partition coefficient (Wildman–Crippen LogP) is 2.65. The lowest BCUT2D eigenvalue weighted by Crippen LogP contribution is -2.35. The zero-order valence-electron chi connectivity index (χ0n) is 12.5. The van der Waals surface area contributed by atoms with Gasteiger partial charge in [-0.25, -0.2) is 4.98 Å². The average Bonchev–Trinajstić information content (AvgIpc) is 2.83. The smallest absolute Gasteiger partial charge is 0.144 e. The van der Waals surface area contributed by atoms with Crippen molar-refractivity contribution in [3.05, 3.63) is 22.9 Å². The maximum Gasteiger partial charge on any atom is 0.144 e. The molecule has 1 aromatic heterocycles. The van der Waals surface area contributed by atoms with Gasteiger partial charge in [-0.3, -0.25) is 0 Å². The van der Waals surface area contributed by atoms with Crippen molar-refractivity contribution < 1.29 is 5.11 Å². The lowest BCUT2D eigenvalue weighted by atomic mass is 9.85. The molecule has 1 aliphatic carbocycles. The summed E-state index contributed by atoms with van der Waals surface area (Å²) in [6.45, 7) is 6.50. The van der Waals surface area contributed by atoms with Crippen LogP contribution in [-0.4, -0.2) is 22.7 Å². The van der Waals surface area contributed by atoms with Crippen LogP contribution in [0.5, 0.6) is 0 Å². The SMILES string of the molecule is CC(C)(C)C(CCO)Nc1nc2c(cc1C#N)CCC2. The van der Waals surface area contributed by atoms with Gasteiger partial charge in [0.15, 0.2) is 0 Å². The van der Waals surface area contributed by atoms with Crippen LogP contribution in [0, 0.1) is 16.7 Å². The molecule has 1 aromatic rings. The summed E-state index contributed by atoms with van der Waals surface area (Å²) in [4.78, 5) is 4.64. The molecule has 0 spiro atoms. The Morgan fingerprint density at radius 3 is 2.80 bits per heavy atom. The summed E-state index contributed by atoms with van der Waals surface area (Å²) in [5, 5.41) is 21.9. The third kappa shape index (κ3) is 3.10. The number of fused-ring (bicyclic) bond motifs is 1. The first-order valence-corrected chi connectivity index (χ1v) is 7.26. The molecule has 0 aliphatic heterocycles. The number of hydrogen-bond acceptors (Lipinski definition) is 4. The quantitative estimate of drug-likeness (QED) is 0.885. The first-order valence-electron chi connectivity index (χ1n) is 7.26. The standard InChI is InChI=1S/C16H23N3O/c1-16(2,3)14(7-8-20)19-15-12(10-17)9-11-5-4-6-13(11)18-15/h9,14,20H,4-8H2,1-3H3,(H,18,19). The van der Waals surface area contributed by atoms with E-state index in [1.807, 2.05) is 6.07 Å². The van der Waals surface area contributed by atoms with Crippen molar-refractivity contribution in [2.75, 3.05) is 11.9 Å². The maximum atomic E-state index is 9.32. The molecule has 1 aliphatic rings. The second-order valence-electron chi connectivity index (χ2n) is 6.53. The number of hydrogen-bond donors (Lipinski definition) is 2. The molecule has 0 aromatic carbocycles. The number of nitrogens with one attached hydrogen (secondary N) is 1. The van der Waals surface area contributed by atoms with Crippen molar-refractivity contribution in [1.29, 1.82) is 5.26 Å². The van der Waals surface area contributed by atoms with Crippen molar-refractivity contribution in [3.63, 3.8) is 0 Å². The van der Waals surface area contributed by atoms with Crippen LogP contribution in [0.25, 0.3) is 0 Å². The van der Waals surface area contributed by atoms with E-state index < -0.39 is 0 Å². The van der Waals surface area contributed by atoms with Crippen molar-refractivity contribution in [2.24, 2.45) is 5.41 Å². The molecule has 0 bridgehead atoms. The van der Waals surface area contributed by atoms with E-state index >= 15 is 0 Å². The fraction of sp³-hybridized carbons (Fsp3) is 0.625. The summed E-state index contributed by atoms with van der Waals surface area (Å²) in [6, 6.07) is 4.29. The van der Waals surface area contributed by atoms with E-state index in [2.05, 4.69) is 37.1 Å².